The number of benzene rings is 1. The molecule has 1 aromatic heterocycles. The van der Waals surface area contributed by atoms with Gasteiger partial charge in [0.25, 0.3) is 5.91 Å². The minimum Gasteiger partial charge on any atom is -0.489 e. The van der Waals surface area contributed by atoms with Crippen molar-refractivity contribution in [3.05, 3.63) is 59.9 Å². The van der Waals surface area contributed by atoms with E-state index in [1.807, 2.05) is 47.0 Å². The number of amides is 1. The Bertz CT molecular complexity index is 694. The van der Waals surface area contributed by atoms with E-state index in [-0.39, 0.29) is 18.6 Å². The second-order valence-corrected chi connectivity index (χ2v) is 7.07. The lowest BCUT2D eigenvalue weighted by atomic mass is 10.1. The van der Waals surface area contributed by atoms with Crippen molar-refractivity contribution in [1.82, 2.24) is 9.88 Å². The summed E-state index contributed by atoms with van der Waals surface area (Å²) in [5.74, 6) is 2.49. The maximum atomic E-state index is 12.9. The standard InChI is InChI=1S/C19H22N2O3S/c22-9-6-17-14-25-10-8-21(17)19(23)16-4-1-5-18(11-16)24-13-15-3-2-7-20-12-15/h1-5,7,11-12,17,22H,6,8-10,13-14H2. The van der Waals surface area contributed by atoms with Crippen LogP contribution in [0.1, 0.15) is 22.3 Å². The fourth-order valence-electron chi connectivity index (χ4n) is 2.85. The number of thioether (sulfide) groups is 1. The monoisotopic (exact) mass is 358 g/mol. The van der Waals surface area contributed by atoms with E-state index in [9.17, 15) is 9.90 Å². The number of rotatable bonds is 6. The van der Waals surface area contributed by atoms with Crippen molar-refractivity contribution in [2.75, 3.05) is 24.7 Å². The molecular weight excluding hydrogens is 336 g/mol. The van der Waals surface area contributed by atoms with Crippen LogP contribution < -0.4 is 4.74 Å². The molecule has 0 bridgehead atoms. The number of carbonyl (C=O) groups is 1. The number of carbonyl (C=O) groups excluding carboxylic acids is 1. The van der Waals surface area contributed by atoms with E-state index in [1.165, 1.54) is 0 Å². The molecule has 1 aliphatic rings. The number of hydrogen-bond acceptors (Lipinski definition) is 5. The van der Waals surface area contributed by atoms with Gasteiger partial charge in [0.05, 0.1) is 0 Å². The summed E-state index contributed by atoms with van der Waals surface area (Å²) in [5, 5.41) is 9.24. The Morgan fingerprint density at radius 1 is 1.36 bits per heavy atom. The molecule has 1 N–H and O–H groups in total. The molecule has 1 aliphatic heterocycles. The predicted molar refractivity (Wildman–Crippen MR) is 98.9 cm³/mol. The Morgan fingerprint density at radius 2 is 2.28 bits per heavy atom. The predicted octanol–water partition coefficient (Wildman–Crippen LogP) is 2.60. The largest absolute Gasteiger partial charge is 0.489 e. The van der Waals surface area contributed by atoms with Gasteiger partial charge in [0, 0.05) is 54.2 Å². The van der Waals surface area contributed by atoms with Crippen LogP contribution in [0.15, 0.2) is 48.8 Å². The third-order valence-corrected chi connectivity index (χ3v) is 5.25. The SMILES string of the molecule is O=C(c1cccc(OCc2cccnc2)c1)N1CCSCC1CCO. The highest BCUT2D eigenvalue weighted by atomic mass is 32.2. The summed E-state index contributed by atoms with van der Waals surface area (Å²) >= 11 is 1.83. The Kier molecular flexibility index (Phi) is 6.30. The Morgan fingerprint density at radius 3 is 3.08 bits per heavy atom. The van der Waals surface area contributed by atoms with Gasteiger partial charge in [0.1, 0.15) is 12.4 Å². The van der Waals surface area contributed by atoms with Crippen LogP contribution in [-0.4, -0.2) is 51.6 Å². The summed E-state index contributed by atoms with van der Waals surface area (Å²) in [6, 6.07) is 11.2. The van der Waals surface area contributed by atoms with Crippen molar-refractivity contribution in [2.24, 2.45) is 0 Å². The van der Waals surface area contributed by atoms with E-state index in [1.54, 1.807) is 18.5 Å². The Hall–Kier alpha value is -2.05. The zero-order valence-electron chi connectivity index (χ0n) is 14.0. The molecule has 1 amide bonds. The summed E-state index contributed by atoms with van der Waals surface area (Å²) in [5.41, 5.74) is 1.61. The highest BCUT2D eigenvalue weighted by Crippen LogP contribution is 2.23. The molecule has 1 atom stereocenters. The quantitative estimate of drug-likeness (QED) is 0.860. The van der Waals surface area contributed by atoms with E-state index < -0.39 is 0 Å². The number of pyridine rings is 1. The first-order valence-electron chi connectivity index (χ1n) is 8.39. The van der Waals surface area contributed by atoms with Crippen LogP contribution in [0.2, 0.25) is 0 Å². The van der Waals surface area contributed by atoms with Crippen molar-refractivity contribution in [1.29, 1.82) is 0 Å². The summed E-state index contributed by atoms with van der Waals surface area (Å²) in [6.45, 7) is 1.23. The molecule has 0 spiro atoms. The number of aliphatic hydroxyl groups is 1. The molecule has 2 aromatic rings. The summed E-state index contributed by atoms with van der Waals surface area (Å²) < 4.78 is 5.79. The van der Waals surface area contributed by atoms with E-state index in [4.69, 9.17) is 4.74 Å². The number of hydrogen-bond donors (Lipinski definition) is 1. The highest BCUT2D eigenvalue weighted by molar-refractivity contribution is 7.99. The number of ether oxygens (including phenoxy) is 1. The number of aliphatic hydroxyl groups excluding tert-OH is 1. The molecule has 2 heterocycles. The normalized spacial score (nSPS) is 17.3. The minimum absolute atomic E-state index is 0.00516. The van der Waals surface area contributed by atoms with E-state index >= 15 is 0 Å². The number of aromatic nitrogens is 1. The van der Waals surface area contributed by atoms with Gasteiger partial charge in [-0.1, -0.05) is 12.1 Å². The smallest absolute Gasteiger partial charge is 0.254 e. The van der Waals surface area contributed by atoms with Crippen LogP contribution in [0, 0.1) is 0 Å². The zero-order valence-corrected chi connectivity index (χ0v) is 14.8. The maximum Gasteiger partial charge on any atom is 0.254 e. The van der Waals surface area contributed by atoms with E-state index in [2.05, 4.69) is 4.98 Å². The molecule has 6 heteroatoms. The maximum absolute atomic E-state index is 12.9. The molecule has 25 heavy (non-hydrogen) atoms. The van der Waals surface area contributed by atoms with Gasteiger partial charge < -0.3 is 14.7 Å². The second kappa shape index (κ2) is 8.87. The molecule has 0 radical (unpaired) electrons. The summed E-state index contributed by atoms with van der Waals surface area (Å²) in [7, 11) is 0. The minimum atomic E-state index is 0.00516. The first-order valence-corrected chi connectivity index (χ1v) is 9.55. The Labute approximate surface area is 152 Å². The number of nitrogens with zero attached hydrogens (tertiary/aromatic N) is 2. The fourth-order valence-corrected chi connectivity index (χ4v) is 3.96. The highest BCUT2D eigenvalue weighted by Gasteiger charge is 2.27. The molecule has 0 saturated carbocycles. The van der Waals surface area contributed by atoms with Crippen LogP contribution in [0.5, 0.6) is 5.75 Å². The van der Waals surface area contributed by atoms with Crippen LogP contribution in [-0.2, 0) is 6.61 Å². The molecule has 1 saturated heterocycles. The van der Waals surface area contributed by atoms with Crippen LogP contribution >= 0.6 is 11.8 Å². The topological polar surface area (TPSA) is 62.7 Å². The van der Waals surface area contributed by atoms with Gasteiger partial charge in [0.15, 0.2) is 0 Å². The zero-order chi connectivity index (χ0) is 17.5. The van der Waals surface area contributed by atoms with Crippen molar-refractivity contribution >= 4 is 17.7 Å². The lowest BCUT2D eigenvalue weighted by molar-refractivity contribution is 0.0677. The molecule has 0 aliphatic carbocycles. The molecule has 132 valence electrons. The van der Waals surface area contributed by atoms with Crippen molar-refractivity contribution < 1.29 is 14.6 Å². The Balaban J connectivity index is 1.68. The van der Waals surface area contributed by atoms with E-state index in [0.29, 0.717) is 24.3 Å². The summed E-state index contributed by atoms with van der Waals surface area (Å²) in [4.78, 5) is 18.8. The molecule has 3 rings (SSSR count). The van der Waals surface area contributed by atoms with Crippen LogP contribution in [0.4, 0.5) is 0 Å². The molecule has 5 nitrogen and oxygen atoms in total. The molecule has 1 fully saturated rings. The molecule has 1 aromatic carbocycles. The third kappa shape index (κ3) is 4.74. The second-order valence-electron chi connectivity index (χ2n) is 5.92. The average molecular weight is 358 g/mol. The van der Waals surface area contributed by atoms with Gasteiger partial charge in [-0.05, 0) is 30.7 Å². The fraction of sp³-hybridized carbons (Fsp3) is 0.368. The van der Waals surface area contributed by atoms with Crippen LogP contribution in [0.3, 0.4) is 0 Å². The van der Waals surface area contributed by atoms with Gasteiger partial charge in [-0.15, -0.1) is 0 Å². The van der Waals surface area contributed by atoms with Gasteiger partial charge in [-0.25, -0.2) is 0 Å². The van der Waals surface area contributed by atoms with Gasteiger partial charge in [-0.2, -0.15) is 11.8 Å². The first-order chi connectivity index (χ1) is 12.3. The first kappa shape index (κ1) is 17.8. The molecule has 1 unspecified atom stereocenters. The van der Waals surface area contributed by atoms with Gasteiger partial charge in [-0.3, -0.25) is 9.78 Å². The van der Waals surface area contributed by atoms with Crippen molar-refractivity contribution in [2.45, 2.75) is 19.1 Å². The van der Waals surface area contributed by atoms with E-state index in [0.717, 1.165) is 23.6 Å². The third-order valence-electron chi connectivity index (χ3n) is 4.16. The van der Waals surface area contributed by atoms with Gasteiger partial charge >= 0.3 is 0 Å². The van der Waals surface area contributed by atoms with Crippen LogP contribution in [0.25, 0.3) is 0 Å². The van der Waals surface area contributed by atoms with Crippen molar-refractivity contribution in [3.63, 3.8) is 0 Å². The van der Waals surface area contributed by atoms with Gasteiger partial charge in [0.2, 0.25) is 0 Å². The van der Waals surface area contributed by atoms with Crippen molar-refractivity contribution in [3.8, 4) is 5.75 Å². The average Bonchev–Trinajstić information content (AvgIpc) is 2.68. The lowest BCUT2D eigenvalue weighted by Gasteiger charge is -2.35. The summed E-state index contributed by atoms with van der Waals surface area (Å²) in [6.07, 6.45) is 4.11. The lowest BCUT2D eigenvalue weighted by Crippen LogP contribution is -2.46. The molecular formula is C19H22N2O3S.